The fourth-order valence-electron chi connectivity index (χ4n) is 3.97. The van der Waals surface area contributed by atoms with E-state index in [-0.39, 0.29) is 25.1 Å². The minimum absolute atomic E-state index is 0.00136. The molecule has 0 unspecified atom stereocenters. The molecule has 0 aliphatic carbocycles. The summed E-state index contributed by atoms with van der Waals surface area (Å²) >= 11 is 0. The minimum atomic E-state index is -4.03. The molecule has 1 fully saturated rings. The van der Waals surface area contributed by atoms with Gasteiger partial charge in [-0.15, -0.1) is 0 Å². The number of nitrogens with one attached hydrogen (secondary N) is 2. The third-order valence-corrected chi connectivity index (χ3v) is 7.36. The number of carbonyl (C=O) groups excluding carboxylic acids is 1. The van der Waals surface area contributed by atoms with E-state index in [0.29, 0.717) is 22.6 Å². The second kappa shape index (κ2) is 12.5. The average molecular weight is 515 g/mol. The first kappa shape index (κ1) is 27.2. The first-order chi connectivity index (χ1) is 17.2. The Hall–Kier alpha value is -3.37. The number of esters is 1. The van der Waals surface area contributed by atoms with Crippen LogP contribution in [0.25, 0.3) is 6.08 Å². The van der Waals surface area contributed by atoms with Gasteiger partial charge >= 0.3 is 5.97 Å². The van der Waals surface area contributed by atoms with Crippen molar-refractivity contribution in [1.82, 2.24) is 5.32 Å². The van der Waals surface area contributed by atoms with Crippen molar-refractivity contribution >= 4 is 33.6 Å². The number of nitrogens with two attached hydrogens (primary N) is 1. The third kappa shape index (κ3) is 7.56. The predicted molar refractivity (Wildman–Crippen MR) is 142 cm³/mol. The predicted octanol–water partition coefficient (Wildman–Crippen LogP) is 2.82. The molecular formula is C26H34N4O5S. The van der Waals surface area contributed by atoms with Crippen molar-refractivity contribution in [3.63, 3.8) is 0 Å². The summed E-state index contributed by atoms with van der Waals surface area (Å²) in [4.78, 5) is 12.0. The molecule has 1 aliphatic rings. The van der Waals surface area contributed by atoms with Crippen LogP contribution in [-0.4, -0.2) is 58.3 Å². The summed E-state index contributed by atoms with van der Waals surface area (Å²) in [6, 6.07) is 12.4. The van der Waals surface area contributed by atoms with E-state index in [2.05, 4.69) is 5.32 Å². The standard InChI is InChI=1S/C26H34N4O5S/c1-3-34-25(31)18-36(32,33)30(15-5-7-20-6-4-8-21(17-20)26(27)28)24-10-9-23(16-19(24)2)35-22-11-13-29-14-12-22/h4-10,16-17,22,29H,3,11-15,18H2,1-2H3,(H3,27,28). The van der Waals surface area contributed by atoms with Crippen LogP contribution in [-0.2, 0) is 19.6 Å². The van der Waals surface area contributed by atoms with Crippen LogP contribution >= 0.6 is 0 Å². The van der Waals surface area contributed by atoms with E-state index < -0.39 is 21.7 Å². The molecule has 1 saturated heterocycles. The minimum Gasteiger partial charge on any atom is -0.490 e. The average Bonchev–Trinajstić information content (AvgIpc) is 2.83. The van der Waals surface area contributed by atoms with Crippen molar-refractivity contribution in [3.8, 4) is 5.75 Å². The zero-order valence-electron chi connectivity index (χ0n) is 20.7. The monoisotopic (exact) mass is 514 g/mol. The fraction of sp³-hybridized carbons (Fsp3) is 0.385. The largest absolute Gasteiger partial charge is 0.490 e. The van der Waals surface area contributed by atoms with Gasteiger partial charge in [0.25, 0.3) is 0 Å². The molecule has 10 heteroatoms. The van der Waals surface area contributed by atoms with Crippen molar-refractivity contribution < 1.29 is 22.7 Å². The maximum Gasteiger partial charge on any atom is 0.323 e. The van der Waals surface area contributed by atoms with Crippen LogP contribution in [0.4, 0.5) is 5.69 Å². The van der Waals surface area contributed by atoms with Crippen LogP contribution in [0, 0.1) is 12.3 Å². The number of hydrogen-bond acceptors (Lipinski definition) is 7. The Kier molecular flexibility index (Phi) is 9.49. The number of carbonyl (C=O) groups is 1. The van der Waals surface area contributed by atoms with Gasteiger partial charge in [0.15, 0.2) is 5.75 Å². The first-order valence-corrected chi connectivity index (χ1v) is 13.6. The molecule has 3 rings (SSSR count). The van der Waals surface area contributed by atoms with E-state index in [1.807, 2.05) is 19.1 Å². The van der Waals surface area contributed by atoms with Gasteiger partial charge in [-0.3, -0.25) is 14.5 Å². The van der Waals surface area contributed by atoms with Crippen LogP contribution in [0.5, 0.6) is 5.75 Å². The van der Waals surface area contributed by atoms with E-state index in [0.717, 1.165) is 31.5 Å². The van der Waals surface area contributed by atoms with Gasteiger partial charge in [0.2, 0.25) is 10.0 Å². The number of piperidine rings is 1. The molecule has 0 bridgehead atoms. The van der Waals surface area contributed by atoms with Gasteiger partial charge in [0.1, 0.15) is 17.7 Å². The van der Waals surface area contributed by atoms with E-state index in [9.17, 15) is 13.2 Å². The van der Waals surface area contributed by atoms with Crippen molar-refractivity contribution in [3.05, 3.63) is 65.2 Å². The summed E-state index contributed by atoms with van der Waals surface area (Å²) in [6.45, 7) is 5.36. The molecule has 0 saturated carbocycles. The molecular weight excluding hydrogens is 480 g/mol. The summed E-state index contributed by atoms with van der Waals surface area (Å²) in [7, 11) is -4.03. The number of aryl methyl sites for hydroxylation is 1. The lowest BCUT2D eigenvalue weighted by Gasteiger charge is -2.26. The highest BCUT2D eigenvalue weighted by Gasteiger charge is 2.27. The van der Waals surface area contributed by atoms with Gasteiger partial charge in [-0.2, -0.15) is 0 Å². The van der Waals surface area contributed by atoms with Crippen LogP contribution < -0.4 is 20.1 Å². The third-order valence-electron chi connectivity index (χ3n) is 5.75. The first-order valence-electron chi connectivity index (χ1n) is 11.9. The number of nitrogen functional groups attached to an aromatic ring is 1. The van der Waals surface area contributed by atoms with Crippen molar-refractivity contribution in [1.29, 1.82) is 5.41 Å². The number of nitrogens with zero attached hydrogens (tertiary/aromatic N) is 1. The molecule has 0 amide bonds. The highest BCUT2D eigenvalue weighted by molar-refractivity contribution is 7.93. The maximum absolute atomic E-state index is 13.3. The lowest BCUT2D eigenvalue weighted by atomic mass is 10.1. The zero-order chi connectivity index (χ0) is 26.1. The van der Waals surface area contributed by atoms with Gasteiger partial charge in [-0.05, 0) is 75.2 Å². The number of ether oxygens (including phenoxy) is 2. The maximum atomic E-state index is 13.3. The van der Waals surface area contributed by atoms with Crippen LogP contribution in [0.15, 0.2) is 48.5 Å². The van der Waals surface area contributed by atoms with Crippen LogP contribution in [0.2, 0.25) is 0 Å². The van der Waals surface area contributed by atoms with E-state index in [1.165, 1.54) is 4.31 Å². The summed E-state index contributed by atoms with van der Waals surface area (Å²) in [5.41, 5.74) is 8.08. The van der Waals surface area contributed by atoms with Crippen LogP contribution in [0.1, 0.15) is 36.5 Å². The Morgan fingerprint density at radius 3 is 2.64 bits per heavy atom. The van der Waals surface area contributed by atoms with Crippen molar-refractivity contribution in [2.45, 2.75) is 32.8 Å². The number of benzene rings is 2. The SMILES string of the molecule is CCOC(=O)CS(=O)(=O)N(CC=Cc1cccc(C(=N)N)c1)c1ccc(OC2CCNCC2)cc1C. The van der Waals surface area contributed by atoms with Gasteiger partial charge in [0, 0.05) is 5.56 Å². The smallest absolute Gasteiger partial charge is 0.323 e. The Morgan fingerprint density at radius 1 is 1.22 bits per heavy atom. The molecule has 2 aromatic carbocycles. The van der Waals surface area contributed by atoms with Gasteiger partial charge in [-0.1, -0.05) is 30.4 Å². The molecule has 0 radical (unpaired) electrons. The molecule has 4 N–H and O–H groups in total. The van der Waals surface area contributed by atoms with Crippen LogP contribution in [0.3, 0.4) is 0 Å². The highest BCUT2D eigenvalue weighted by Crippen LogP contribution is 2.29. The lowest BCUT2D eigenvalue weighted by molar-refractivity contribution is -0.139. The number of rotatable bonds is 11. The molecule has 0 aromatic heterocycles. The molecule has 2 aromatic rings. The second-order valence-electron chi connectivity index (χ2n) is 8.55. The summed E-state index contributed by atoms with van der Waals surface area (Å²) in [5.74, 6) is -0.931. The van der Waals surface area contributed by atoms with Crippen molar-refractivity contribution in [2.24, 2.45) is 5.73 Å². The molecule has 9 nitrogen and oxygen atoms in total. The quantitative estimate of drug-likeness (QED) is 0.238. The molecule has 1 heterocycles. The molecule has 1 aliphatic heterocycles. The fourth-order valence-corrected chi connectivity index (χ4v) is 5.33. The van der Waals surface area contributed by atoms with Crippen molar-refractivity contribution in [2.75, 3.05) is 36.3 Å². The van der Waals surface area contributed by atoms with E-state index >= 15 is 0 Å². The van der Waals surface area contributed by atoms with E-state index in [4.69, 9.17) is 20.6 Å². The van der Waals surface area contributed by atoms with Gasteiger partial charge in [-0.25, -0.2) is 8.42 Å². The zero-order valence-corrected chi connectivity index (χ0v) is 21.5. The molecule has 194 valence electrons. The molecule has 0 atom stereocenters. The van der Waals surface area contributed by atoms with Gasteiger partial charge < -0.3 is 20.5 Å². The highest BCUT2D eigenvalue weighted by atomic mass is 32.2. The topological polar surface area (TPSA) is 135 Å². The number of anilines is 1. The number of amidine groups is 1. The Labute approximate surface area is 212 Å². The number of sulfonamides is 1. The molecule has 0 spiro atoms. The number of hydrogen-bond donors (Lipinski definition) is 3. The summed E-state index contributed by atoms with van der Waals surface area (Å²) in [6.07, 6.45) is 5.39. The second-order valence-corrected chi connectivity index (χ2v) is 10.4. The van der Waals surface area contributed by atoms with Gasteiger partial charge in [0.05, 0.1) is 18.8 Å². The Bertz CT molecular complexity index is 1210. The van der Waals surface area contributed by atoms with E-state index in [1.54, 1.807) is 49.4 Å². The summed E-state index contributed by atoms with van der Waals surface area (Å²) < 4.78 is 38.7. The molecule has 36 heavy (non-hydrogen) atoms. The summed E-state index contributed by atoms with van der Waals surface area (Å²) in [5, 5.41) is 10.9. The normalized spacial score (nSPS) is 14.5. The Balaban J connectivity index is 1.86. The lowest BCUT2D eigenvalue weighted by Crippen LogP contribution is -2.37. The Morgan fingerprint density at radius 2 is 1.97 bits per heavy atom.